The quantitative estimate of drug-likeness (QED) is 0.217. The molecule has 0 radical (unpaired) electrons. The van der Waals surface area contributed by atoms with E-state index in [9.17, 15) is 39.6 Å². The van der Waals surface area contributed by atoms with E-state index in [1.807, 2.05) is 0 Å². The first-order valence-electron chi connectivity index (χ1n) is 14.0. The van der Waals surface area contributed by atoms with Crippen LogP contribution in [0.4, 0.5) is 24.7 Å². The van der Waals surface area contributed by atoms with E-state index >= 15 is 0 Å². The Morgan fingerprint density at radius 1 is 1.08 bits per heavy atom. The van der Waals surface area contributed by atoms with Crippen molar-refractivity contribution in [3.8, 4) is 16.9 Å². The van der Waals surface area contributed by atoms with Crippen molar-refractivity contribution < 1.29 is 44.3 Å². The molecule has 4 aromatic rings. The largest absolute Gasteiger partial charge is 0.497 e. The Kier molecular flexibility index (Phi) is 11.0. The molecule has 3 N–H and O–H groups in total. The van der Waals surface area contributed by atoms with E-state index < -0.39 is 54.3 Å². The van der Waals surface area contributed by atoms with Crippen LogP contribution in [0.2, 0.25) is 0 Å². The van der Waals surface area contributed by atoms with Gasteiger partial charge < -0.3 is 19.4 Å². The highest BCUT2D eigenvalue weighted by Crippen LogP contribution is 2.33. The number of hydrogen-bond donors (Lipinski definition) is 3. The Morgan fingerprint density at radius 2 is 1.75 bits per heavy atom. The predicted molar refractivity (Wildman–Crippen MR) is 171 cm³/mol. The Labute approximate surface area is 273 Å². The highest BCUT2D eigenvalue weighted by atomic mass is 32.2. The molecule has 1 aliphatic rings. The van der Waals surface area contributed by atoms with Gasteiger partial charge in [0.2, 0.25) is 20.0 Å². The molecule has 1 fully saturated rings. The van der Waals surface area contributed by atoms with Crippen molar-refractivity contribution in [3.63, 3.8) is 0 Å². The number of rotatable bonds is 9. The molecule has 1 saturated heterocycles. The molecular weight excluding hydrogens is 681 g/mol. The van der Waals surface area contributed by atoms with E-state index in [0.717, 1.165) is 19.2 Å². The van der Waals surface area contributed by atoms with Crippen LogP contribution in [0.15, 0.2) is 65.8 Å². The van der Waals surface area contributed by atoms with Gasteiger partial charge in [0.05, 0.1) is 36.9 Å². The number of nitrogens with zero attached hydrogens (tertiary/aromatic N) is 3. The lowest BCUT2D eigenvalue weighted by molar-refractivity contribution is -0.138. The minimum atomic E-state index is -4.46. The fourth-order valence-corrected chi connectivity index (χ4v) is 6.91. The lowest BCUT2D eigenvalue weighted by atomic mass is 10.0. The Hall–Kier alpha value is -4.75. The van der Waals surface area contributed by atoms with Gasteiger partial charge in [-0.05, 0) is 48.4 Å². The van der Waals surface area contributed by atoms with Crippen molar-refractivity contribution in [2.45, 2.75) is 17.8 Å². The second kappa shape index (κ2) is 14.6. The van der Waals surface area contributed by atoms with Crippen LogP contribution < -0.4 is 25.1 Å². The van der Waals surface area contributed by atoms with Gasteiger partial charge >= 0.3 is 12.1 Å². The zero-order valence-electron chi connectivity index (χ0n) is 25.7. The number of alkyl halides is 3. The van der Waals surface area contributed by atoms with Gasteiger partial charge in [-0.1, -0.05) is 12.1 Å². The van der Waals surface area contributed by atoms with Crippen LogP contribution in [-0.2, 0) is 42.8 Å². The molecular formula is C29H31F3N6O8S2. The normalized spacial score (nSPS) is 15.7. The van der Waals surface area contributed by atoms with Crippen molar-refractivity contribution in [1.29, 1.82) is 0 Å². The fourth-order valence-electron chi connectivity index (χ4n) is 4.54. The molecule has 5 rings (SSSR count). The number of fused-ring (bicyclic) bond motifs is 1. The maximum atomic E-state index is 12.9. The predicted octanol–water partition coefficient (Wildman–Crippen LogP) is 2.73. The first-order valence-corrected chi connectivity index (χ1v) is 17.2. The number of anilines is 2. The van der Waals surface area contributed by atoms with Crippen LogP contribution in [0.5, 0.6) is 5.75 Å². The molecule has 1 unspecified atom stereocenters. The first kappa shape index (κ1) is 36.1. The third kappa shape index (κ3) is 8.78. The number of esters is 1. The highest BCUT2D eigenvalue weighted by molar-refractivity contribution is 7.93. The summed E-state index contributed by atoms with van der Waals surface area (Å²) in [6, 6.07) is 10.8. The minimum absolute atomic E-state index is 0.0507. The van der Waals surface area contributed by atoms with Crippen LogP contribution in [0.3, 0.4) is 0 Å². The average molecular weight is 713 g/mol. The number of pyridine rings is 1. The van der Waals surface area contributed by atoms with Crippen molar-refractivity contribution >= 4 is 48.4 Å². The van der Waals surface area contributed by atoms with Crippen LogP contribution in [-0.4, -0.2) is 75.7 Å². The summed E-state index contributed by atoms with van der Waals surface area (Å²) in [6.07, 6.45) is -1.32. The number of aryl methyl sites for hydroxylation is 1. The topological polar surface area (TPSA) is 188 Å². The van der Waals surface area contributed by atoms with E-state index in [0.29, 0.717) is 35.5 Å². The number of sulfonamides is 2. The molecule has 1 atom stereocenters. The maximum absolute atomic E-state index is 12.9. The van der Waals surface area contributed by atoms with E-state index in [-0.39, 0.29) is 23.3 Å². The van der Waals surface area contributed by atoms with Gasteiger partial charge in [-0.3, -0.25) is 14.3 Å². The number of hydrogen-bond acceptors (Lipinski definition) is 11. The second-order valence-electron chi connectivity index (χ2n) is 10.4. The summed E-state index contributed by atoms with van der Waals surface area (Å²) < 4.78 is 101. The highest BCUT2D eigenvalue weighted by Gasteiger charge is 2.32. The maximum Gasteiger partial charge on any atom is 0.416 e. The number of ether oxygens (including phenoxy) is 2. The first-order chi connectivity index (χ1) is 22.5. The molecule has 258 valence electrons. The van der Waals surface area contributed by atoms with E-state index in [1.165, 1.54) is 55.5 Å². The number of carbonyl (C=O) groups excluding carboxylic acids is 1. The van der Waals surface area contributed by atoms with Gasteiger partial charge in [-0.25, -0.2) is 31.5 Å². The third-order valence-corrected chi connectivity index (χ3v) is 10.1. The molecule has 0 saturated carbocycles. The van der Waals surface area contributed by atoms with E-state index in [4.69, 9.17) is 4.74 Å². The zero-order valence-corrected chi connectivity index (χ0v) is 27.4. The molecule has 14 nitrogen and oxygen atoms in total. The molecule has 0 aliphatic carbocycles. The molecule has 0 spiro atoms. The van der Waals surface area contributed by atoms with Crippen molar-refractivity contribution in [2.75, 3.05) is 43.1 Å². The van der Waals surface area contributed by atoms with Crippen molar-refractivity contribution in [1.82, 2.24) is 19.3 Å². The Bertz CT molecular complexity index is 2060. The molecule has 3 heterocycles. The van der Waals surface area contributed by atoms with Crippen molar-refractivity contribution in [2.24, 2.45) is 7.05 Å². The Balaban J connectivity index is 0.000000260. The monoisotopic (exact) mass is 712 g/mol. The van der Waals surface area contributed by atoms with Gasteiger partial charge in [-0.2, -0.15) is 13.2 Å². The molecule has 0 amide bonds. The van der Waals surface area contributed by atoms with Gasteiger partial charge in [0.15, 0.2) is 5.75 Å². The van der Waals surface area contributed by atoms with Crippen LogP contribution in [0, 0.1) is 0 Å². The number of benzene rings is 2. The molecule has 2 aromatic carbocycles. The van der Waals surface area contributed by atoms with E-state index in [1.54, 1.807) is 12.1 Å². The lowest BCUT2D eigenvalue weighted by Crippen LogP contribution is -2.30. The molecule has 0 bridgehead atoms. The smallest absolute Gasteiger partial charge is 0.416 e. The number of carbonyl (C=O) groups is 1. The summed E-state index contributed by atoms with van der Waals surface area (Å²) >= 11 is 0. The van der Waals surface area contributed by atoms with Crippen LogP contribution in [0.25, 0.3) is 22.0 Å². The van der Waals surface area contributed by atoms with Crippen LogP contribution in [0.1, 0.15) is 12.0 Å². The minimum Gasteiger partial charge on any atom is -0.497 e. The summed E-state index contributed by atoms with van der Waals surface area (Å²) in [5.41, 5.74) is 0.216. The summed E-state index contributed by atoms with van der Waals surface area (Å²) in [6.45, 7) is 0.397. The number of methoxy groups -OCH3 is 2. The summed E-state index contributed by atoms with van der Waals surface area (Å²) in [7, 11) is -3.01. The average Bonchev–Trinajstić information content (AvgIpc) is 3.38. The molecule has 48 heavy (non-hydrogen) atoms. The van der Waals surface area contributed by atoms with E-state index in [2.05, 4.69) is 29.5 Å². The standard InChI is InChI=1S/C19H18F3N5O3S.C10H13NO5S/c1-27-10-25-16-14(11-2-4-12(5-3-11)19(20,21)22)9-24-17(15(16)18(27)28)23-8-13-6-7-26-31(13,29)30;1-15-9-5-3-8(4-6-9)11-17(13,14)7-10(12)16-2/h2-5,9-10,13,26H,6-8H2,1H3,(H,23,24);3-6,11H,7H2,1-2H3. The Morgan fingerprint density at radius 3 is 2.31 bits per heavy atom. The number of halogens is 3. The fraction of sp³-hybridized carbons (Fsp3) is 0.310. The van der Waals surface area contributed by atoms with Gasteiger partial charge in [0.1, 0.15) is 17.0 Å². The lowest BCUT2D eigenvalue weighted by Gasteiger charge is -2.14. The summed E-state index contributed by atoms with van der Waals surface area (Å²) in [4.78, 5) is 32.2. The van der Waals surface area contributed by atoms with Gasteiger partial charge in [-0.15, -0.1) is 0 Å². The molecule has 19 heteroatoms. The van der Waals surface area contributed by atoms with Gasteiger partial charge in [0, 0.05) is 37.6 Å². The number of nitrogens with one attached hydrogen (secondary N) is 3. The van der Waals surface area contributed by atoms with Crippen molar-refractivity contribution in [3.05, 3.63) is 77.0 Å². The summed E-state index contributed by atoms with van der Waals surface area (Å²) in [5.74, 6) is -0.747. The SMILES string of the molecule is COC(=O)CS(=O)(=O)Nc1ccc(OC)cc1.Cn1cnc2c(-c3ccc(C(F)(F)F)cc3)cnc(NCC3CCNS3(=O)=O)c2c1=O. The third-order valence-electron chi connectivity index (χ3n) is 7.07. The molecule has 2 aromatic heterocycles. The summed E-state index contributed by atoms with van der Waals surface area (Å²) in [5, 5.41) is 2.39. The molecule has 1 aliphatic heterocycles. The zero-order chi connectivity index (χ0) is 35.3. The second-order valence-corrected chi connectivity index (χ2v) is 14.1. The van der Waals surface area contributed by atoms with Crippen LogP contribution >= 0.6 is 0 Å². The number of aromatic nitrogens is 3. The van der Waals surface area contributed by atoms with Gasteiger partial charge in [0.25, 0.3) is 5.56 Å².